The normalized spacial score (nSPS) is 11.8. The van der Waals surface area contributed by atoms with Crippen LogP contribution >= 0.6 is 11.8 Å². The molecule has 0 saturated heterocycles. The minimum absolute atomic E-state index is 0.310. The van der Waals surface area contributed by atoms with E-state index in [0.29, 0.717) is 40.8 Å². The SMILES string of the molecule is COC(=O)[C@@H](CCSC)NC(=O)COc1cccc2c1c1c(C(N)=O)cccc1n2Cc1ccccc1. The van der Waals surface area contributed by atoms with Crippen LogP contribution in [-0.2, 0) is 20.9 Å². The number of nitrogens with zero attached hydrogens (tertiary/aromatic N) is 1. The summed E-state index contributed by atoms with van der Waals surface area (Å²) in [5.41, 5.74) is 8.89. The summed E-state index contributed by atoms with van der Waals surface area (Å²) < 4.78 is 12.9. The Morgan fingerprint density at radius 2 is 1.68 bits per heavy atom. The van der Waals surface area contributed by atoms with Crippen LogP contribution in [0.3, 0.4) is 0 Å². The van der Waals surface area contributed by atoms with Gasteiger partial charge in [0.15, 0.2) is 6.61 Å². The lowest BCUT2D eigenvalue weighted by atomic mass is 10.1. The number of esters is 1. The summed E-state index contributed by atoms with van der Waals surface area (Å²) in [6, 6.07) is 20.2. The monoisotopic (exact) mass is 519 g/mol. The van der Waals surface area contributed by atoms with Crippen molar-refractivity contribution in [3.8, 4) is 5.75 Å². The Morgan fingerprint density at radius 3 is 2.35 bits per heavy atom. The average molecular weight is 520 g/mol. The molecule has 1 aromatic heterocycles. The summed E-state index contributed by atoms with van der Waals surface area (Å²) in [4.78, 5) is 37.1. The minimum atomic E-state index is -0.751. The molecule has 0 radical (unpaired) electrons. The molecule has 9 heteroatoms. The third kappa shape index (κ3) is 5.72. The number of carbonyl (C=O) groups is 3. The number of carbonyl (C=O) groups excluding carboxylic acids is 3. The summed E-state index contributed by atoms with van der Waals surface area (Å²) in [7, 11) is 1.29. The number of thioether (sulfide) groups is 1. The third-order valence-electron chi connectivity index (χ3n) is 6.12. The molecule has 0 bridgehead atoms. The van der Waals surface area contributed by atoms with Crippen LogP contribution in [0.2, 0.25) is 0 Å². The van der Waals surface area contributed by atoms with Crippen LogP contribution in [0.15, 0.2) is 66.7 Å². The molecular weight excluding hydrogens is 490 g/mol. The first kappa shape index (κ1) is 26.1. The van der Waals surface area contributed by atoms with Crippen molar-refractivity contribution in [2.75, 3.05) is 25.7 Å². The fourth-order valence-corrected chi connectivity index (χ4v) is 4.89. The van der Waals surface area contributed by atoms with Gasteiger partial charge in [0.05, 0.1) is 23.5 Å². The van der Waals surface area contributed by atoms with Gasteiger partial charge in [-0.15, -0.1) is 0 Å². The zero-order chi connectivity index (χ0) is 26.4. The van der Waals surface area contributed by atoms with Crippen LogP contribution in [-0.4, -0.2) is 54.1 Å². The number of fused-ring (bicyclic) bond motifs is 3. The molecule has 3 aromatic carbocycles. The van der Waals surface area contributed by atoms with Crippen molar-refractivity contribution < 1.29 is 23.9 Å². The Balaban J connectivity index is 1.71. The topological polar surface area (TPSA) is 113 Å². The van der Waals surface area contributed by atoms with E-state index in [4.69, 9.17) is 15.2 Å². The van der Waals surface area contributed by atoms with Gasteiger partial charge in [-0.1, -0.05) is 42.5 Å². The van der Waals surface area contributed by atoms with Gasteiger partial charge in [-0.25, -0.2) is 4.79 Å². The number of amides is 2. The molecule has 192 valence electrons. The van der Waals surface area contributed by atoms with E-state index in [2.05, 4.69) is 9.88 Å². The van der Waals surface area contributed by atoms with E-state index >= 15 is 0 Å². The third-order valence-corrected chi connectivity index (χ3v) is 6.76. The van der Waals surface area contributed by atoms with E-state index in [1.165, 1.54) is 7.11 Å². The van der Waals surface area contributed by atoms with Crippen LogP contribution < -0.4 is 15.8 Å². The highest BCUT2D eigenvalue weighted by Crippen LogP contribution is 2.38. The lowest BCUT2D eigenvalue weighted by molar-refractivity contribution is -0.145. The van der Waals surface area contributed by atoms with Gasteiger partial charge in [0, 0.05) is 17.5 Å². The molecule has 4 rings (SSSR count). The first-order chi connectivity index (χ1) is 17.9. The summed E-state index contributed by atoms with van der Waals surface area (Å²) >= 11 is 1.57. The molecule has 0 unspecified atom stereocenters. The predicted molar refractivity (Wildman–Crippen MR) is 146 cm³/mol. The van der Waals surface area contributed by atoms with Crippen LogP contribution in [0.25, 0.3) is 21.8 Å². The quantitative estimate of drug-likeness (QED) is 0.292. The Hall–Kier alpha value is -3.98. The van der Waals surface area contributed by atoms with E-state index in [0.717, 1.165) is 16.6 Å². The van der Waals surface area contributed by atoms with Crippen molar-refractivity contribution in [2.45, 2.75) is 19.0 Å². The summed E-state index contributed by atoms with van der Waals surface area (Å²) in [6.07, 6.45) is 2.37. The van der Waals surface area contributed by atoms with E-state index in [9.17, 15) is 14.4 Å². The lowest BCUT2D eigenvalue weighted by Crippen LogP contribution is -2.43. The molecule has 1 atom stereocenters. The maximum absolute atomic E-state index is 12.7. The molecule has 2 amide bonds. The number of primary amides is 1. The number of ether oxygens (including phenoxy) is 2. The molecule has 1 heterocycles. The van der Waals surface area contributed by atoms with Crippen molar-refractivity contribution in [1.82, 2.24) is 9.88 Å². The average Bonchev–Trinajstić information content (AvgIpc) is 3.23. The molecule has 0 fully saturated rings. The number of benzene rings is 3. The van der Waals surface area contributed by atoms with Crippen LogP contribution in [0.1, 0.15) is 22.3 Å². The summed E-state index contributed by atoms with van der Waals surface area (Å²) in [5, 5.41) is 4.06. The maximum Gasteiger partial charge on any atom is 0.328 e. The largest absolute Gasteiger partial charge is 0.483 e. The highest BCUT2D eigenvalue weighted by Gasteiger charge is 2.23. The van der Waals surface area contributed by atoms with Crippen molar-refractivity contribution in [1.29, 1.82) is 0 Å². The van der Waals surface area contributed by atoms with Crippen molar-refractivity contribution >= 4 is 51.4 Å². The van der Waals surface area contributed by atoms with Crippen LogP contribution in [0, 0.1) is 0 Å². The molecule has 0 spiro atoms. The van der Waals surface area contributed by atoms with E-state index in [1.807, 2.05) is 54.8 Å². The van der Waals surface area contributed by atoms with E-state index in [1.54, 1.807) is 30.0 Å². The number of hydrogen-bond donors (Lipinski definition) is 2. The van der Waals surface area contributed by atoms with Crippen LogP contribution in [0.5, 0.6) is 5.75 Å². The molecule has 3 N–H and O–H groups in total. The standard InChI is InChI=1S/C28H29N3O5S/c1-35-28(34)20(14-15-37-2)30-24(32)17-36-23-13-7-12-22-26(23)25-19(27(29)33)10-6-11-21(25)31(22)16-18-8-4-3-5-9-18/h3-13,20H,14-17H2,1-2H3,(H2,29,33)(H,30,32)/t20-/m1/s1. The maximum atomic E-state index is 12.7. The van der Waals surface area contributed by atoms with E-state index < -0.39 is 23.8 Å². The Morgan fingerprint density at radius 1 is 0.973 bits per heavy atom. The molecular formula is C28H29N3O5S. The van der Waals surface area contributed by atoms with E-state index in [-0.39, 0.29) is 6.61 Å². The van der Waals surface area contributed by atoms with Crippen LogP contribution in [0.4, 0.5) is 0 Å². The minimum Gasteiger partial charge on any atom is -0.483 e. The number of aromatic nitrogens is 1. The molecule has 0 saturated carbocycles. The van der Waals surface area contributed by atoms with Crippen molar-refractivity contribution in [3.63, 3.8) is 0 Å². The zero-order valence-corrected chi connectivity index (χ0v) is 21.5. The Labute approximate surface area is 219 Å². The molecule has 8 nitrogen and oxygen atoms in total. The van der Waals surface area contributed by atoms with Crippen molar-refractivity contribution in [2.24, 2.45) is 5.73 Å². The molecule has 0 aliphatic rings. The van der Waals surface area contributed by atoms with Gasteiger partial charge < -0.3 is 25.1 Å². The second-order valence-corrected chi connectivity index (χ2v) is 9.48. The highest BCUT2D eigenvalue weighted by atomic mass is 32.2. The zero-order valence-electron chi connectivity index (χ0n) is 20.7. The number of rotatable bonds is 11. The first-order valence-electron chi connectivity index (χ1n) is 11.8. The summed E-state index contributed by atoms with van der Waals surface area (Å²) in [6.45, 7) is 0.263. The molecule has 0 aliphatic carbocycles. The van der Waals surface area contributed by atoms with Gasteiger partial charge >= 0.3 is 5.97 Å². The number of nitrogens with one attached hydrogen (secondary N) is 1. The van der Waals surface area contributed by atoms with Gasteiger partial charge in [0.2, 0.25) is 5.91 Å². The number of hydrogen-bond acceptors (Lipinski definition) is 6. The van der Waals surface area contributed by atoms with Gasteiger partial charge in [-0.3, -0.25) is 9.59 Å². The van der Waals surface area contributed by atoms with Gasteiger partial charge in [-0.2, -0.15) is 11.8 Å². The summed E-state index contributed by atoms with van der Waals surface area (Å²) in [5.74, 6) is -0.364. The van der Waals surface area contributed by atoms with Gasteiger partial charge in [0.1, 0.15) is 11.8 Å². The fraction of sp³-hybridized carbons (Fsp3) is 0.250. The smallest absolute Gasteiger partial charge is 0.328 e. The number of methoxy groups -OCH3 is 1. The predicted octanol–water partition coefficient (Wildman–Crippen LogP) is 3.73. The highest BCUT2D eigenvalue weighted by molar-refractivity contribution is 7.98. The molecule has 0 aliphatic heterocycles. The number of nitrogens with two attached hydrogens (primary N) is 1. The van der Waals surface area contributed by atoms with Gasteiger partial charge in [0.25, 0.3) is 5.91 Å². The second kappa shape index (κ2) is 11.8. The molecule has 37 heavy (non-hydrogen) atoms. The van der Waals surface area contributed by atoms with Crippen molar-refractivity contribution in [3.05, 3.63) is 77.9 Å². The Kier molecular flexibility index (Phi) is 8.35. The molecule has 4 aromatic rings. The second-order valence-electron chi connectivity index (χ2n) is 8.50. The lowest BCUT2D eigenvalue weighted by Gasteiger charge is -2.16. The van der Waals surface area contributed by atoms with Gasteiger partial charge in [-0.05, 0) is 48.3 Å². The first-order valence-corrected chi connectivity index (χ1v) is 13.2. The fourth-order valence-electron chi connectivity index (χ4n) is 4.42. The Bertz CT molecular complexity index is 1430.